The lowest BCUT2D eigenvalue weighted by Gasteiger charge is -2.21. The lowest BCUT2D eigenvalue weighted by Crippen LogP contribution is -2.27. The normalized spacial score (nSPS) is 21.0. The molecule has 1 aliphatic rings. The van der Waals surface area contributed by atoms with Crippen LogP contribution in [0.2, 0.25) is 0 Å². The first-order chi connectivity index (χ1) is 10.7. The average molecular weight is 317 g/mol. The van der Waals surface area contributed by atoms with Crippen LogP contribution in [-0.4, -0.2) is 22.5 Å². The van der Waals surface area contributed by atoms with Gasteiger partial charge in [0, 0.05) is 17.7 Å². The summed E-state index contributed by atoms with van der Waals surface area (Å²) in [4.78, 5) is 21.9. The van der Waals surface area contributed by atoms with Crippen LogP contribution in [0.5, 0.6) is 0 Å². The summed E-state index contributed by atoms with van der Waals surface area (Å²) in [5, 5.41) is 4.88. The molecule has 0 unspecified atom stereocenters. The van der Waals surface area contributed by atoms with E-state index < -0.39 is 5.60 Å². The topological polar surface area (TPSA) is 64.1 Å². The van der Waals surface area contributed by atoms with Crippen LogP contribution in [0, 0.1) is 0 Å². The molecular formula is C16H19N3O2S. The highest BCUT2D eigenvalue weighted by Gasteiger charge is 2.34. The van der Waals surface area contributed by atoms with Crippen LogP contribution in [0.25, 0.3) is 0 Å². The molecule has 1 amide bonds. The van der Waals surface area contributed by atoms with E-state index in [0.29, 0.717) is 18.8 Å². The van der Waals surface area contributed by atoms with Crippen LogP contribution in [0.15, 0.2) is 29.8 Å². The molecule has 2 aromatic heterocycles. The van der Waals surface area contributed by atoms with Crippen molar-refractivity contribution in [1.29, 1.82) is 0 Å². The number of hydrogen-bond donors (Lipinski definition) is 1. The summed E-state index contributed by atoms with van der Waals surface area (Å²) < 4.78 is 5.77. The van der Waals surface area contributed by atoms with E-state index in [0.717, 1.165) is 30.0 Å². The summed E-state index contributed by atoms with van der Waals surface area (Å²) in [5.74, 6) is 0.709. The number of amides is 1. The second kappa shape index (κ2) is 6.54. The first kappa shape index (κ1) is 15.1. The lowest BCUT2D eigenvalue weighted by atomic mass is 10.0. The van der Waals surface area contributed by atoms with E-state index in [9.17, 15) is 4.79 Å². The van der Waals surface area contributed by atoms with Gasteiger partial charge in [0.2, 0.25) is 5.91 Å². The maximum Gasteiger partial charge on any atom is 0.225 e. The maximum absolute atomic E-state index is 11.9. The second-order valence-electron chi connectivity index (χ2n) is 5.59. The summed E-state index contributed by atoms with van der Waals surface area (Å²) in [6.07, 6.45) is 4.11. The number of aromatic nitrogens is 2. The summed E-state index contributed by atoms with van der Waals surface area (Å²) in [6.45, 7) is 3.19. The molecule has 6 heteroatoms. The van der Waals surface area contributed by atoms with Crippen LogP contribution < -0.4 is 5.32 Å². The van der Waals surface area contributed by atoms with E-state index in [1.807, 2.05) is 30.5 Å². The van der Waals surface area contributed by atoms with Crippen molar-refractivity contribution < 1.29 is 9.53 Å². The van der Waals surface area contributed by atoms with Gasteiger partial charge in [-0.2, -0.15) is 0 Å². The minimum atomic E-state index is -0.392. The largest absolute Gasteiger partial charge is 0.367 e. The third-order valence-corrected chi connectivity index (χ3v) is 4.66. The van der Waals surface area contributed by atoms with Gasteiger partial charge in [-0.05, 0) is 37.3 Å². The summed E-state index contributed by atoms with van der Waals surface area (Å²) in [6, 6.07) is 5.74. The van der Waals surface area contributed by atoms with Gasteiger partial charge in [-0.1, -0.05) is 6.07 Å². The molecule has 0 aliphatic carbocycles. The van der Waals surface area contributed by atoms with Crippen molar-refractivity contribution in [3.8, 4) is 0 Å². The minimum Gasteiger partial charge on any atom is -0.367 e. The Labute approximate surface area is 133 Å². The number of nitrogens with zero attached hydrogens (tertiary/aromatic N) is 2. The second-order valence-corrected chi connectivity index (χ2v) is 6.62. The third-order valence-electron chi connectivity index (χ3n) is 3.79. The fraction of sp³-hybridized carbons (Fsp3) is 0.438. The van der Waals surface area contributed by atoms with E-state index >= 15 is 0 Å². The molecule has 2 aromatic rings. The summed E-state index contributed by atoms with van der Waals surface area (Å²) >= 11 is 1.59. The molecule has 0 radical (unpaired) electrons. The average Bonchev–Trinajstić information content (AvgIpc) is 3.18. The van der Waals surface area contributed by atoms with Crippen molar-refractivity contribution in [3.63, 3.8) is 0 Å². The van der Waals surface area contributed by atoms with Crippen LogP contribution >= 0.6 is 11.3 Å². The fourth-order valence-electron chi connectivity index (χ4n) is 2.53. The number of nitrogens with one attached hydrogen (secondary N) is 1. The van der Waals surface area contributed by atoms with Crippen LogP contribution in [0.3, 0.4) is 0 Å². The van der Waals surface area contributed by atoms with Gasteiger partial charge in [0.15, 0.2) is 5.82 Å². The van der Waals surface area contributed by atoms with E-state index in [1.54, 1.807) is 17.5 Å². The molecule has 1 aliphatic heterocycles. The van der Waals surface area contributed by atoms with Crippen molar-refractivity contribution in [2.45, 2.75) is 38.3 Å². The Bertz CT molecular complexity index is 637. The van der Waals surface area contributed by atoms with E-state index in [4.69, 9.17) is 4.74 Å². The minimum absolute atomic E-state index is 0.00550. The standard InChI is InChI=1S/C16H19N3O2S/c1-16(6-3-8-21-16)15-17-7-5-12(19-15)11-18-14(20)10-13-4-2-9-22-13/h2,4-5,7,9H,3,6,8,10-11H2,1H3,(H,18,20)/t16-/m1/s1. The van der Waals surface area contributed by atoms with Crippen molar-refractivity contribution in [2.75, 3.05) is 6.61 Å². The summed E-state index contributed by atoms with van der Waals surface area (Å²) in [7, 11) is 0. The molecular weight excluding hydrogens is 298 g/mol. The molecule has 3 rings (SSSR count). The number of rotatable bonds is 5. The Morgan fingerprint density at radius 1 is 1.50 bits per heavy atom. The van der Waals surface area contributed by atoms with Crippen molar-refractivity contribution in [2.24, 2.45) is 0 Å². The highest BCUT2D eigenvalue weighted by atomic mass is 32.1. The molecule has 22 heavy (non-hydrogen) atoms. The third kappa shape index (κ3) is 3.51. The zero-order chi connectivity index (χ0) is 15.4. The quantitative estimate of drug-likeness (QED) is 0.920. The van der Waals surface area contributed by atoms with E-state index in [2.05, 4.69) is 15.3 Å². The number of carbonyl (C=O) groups excluding carboxylic acids is 1. The molecule has 1 fully saturated rings. The van der Waals surface area contributed by atoms with E-state index in [-0.39, 0.29) is 5.91 Å². The molecule has 1 saturated heterocycles. The number of thiophene rings is 1. The molecule has 5 nitrogen and oxygen atoms in total. The highest BCUT2D eigenvalue weighted by molar-refractivity contribution is 7.10. The smallest absolute Gasteiger partial charge is 0.225 e. The Morgan fingerprint density at radius 2 is 2.41 bits per heavy atom. The van der Waals surface area contributed by atoms with Crippen molar-refractivity contribution in [3.05, 3.63) is 46.2 Å². The SMILES string of the molecule is C[C@]1(c2nccc(CNC(=O)Cc3cccs3)n2)CCCO1. The van der Waals surface area contributed by atoms with Crippen LogP contribution in [0.4, 0.5) is 0 Å². The van der Waals surface area contributed by atoms with Gasteiger partial charge in [0.05, 0.1) is 18.7 Å². The Morgan fingerprint density at radius 3 is 3.14 bits per heavy atom. The molecule has 116 valence electrons. The Balaban J connectivity index is 1.60. The molecule has 0 spiro atoms. The van der Waals surface area contributed by atoms with Gasteiger partial charge in [-0.25, -0.2) is 9.97 Å². The van der Waals surface area contributed by atoms with Gasteiger partial charge < -0.3 is 10.1 Å². The Kier molecular flexibility index (Phi) is 4.49. The van der Waals surface area contributed by atoms with Crippen LogP contribution in [-0.2, 0) is 28.1 Å². The van der Waals surface area contributed by atoms with Gasteiger partial charge in [-0.3, -0.25) is 4.79 Å². The molecule has 0 aromatic carbocycles. The van der Waals surface area contributed by atoms with Crippen LogP contribution in [0.1, 0.15) is 36.2 Å². The molecule has 0 saturated carbocycles. The zero-order valence-electron chi connectivity index (χ0n) is 12.5. The number of carbonyl (C=O) groups is 1. The molecule has 1 N–H and O–H groups in total. The van der Waals surface area contributed by atoms with Gasteiger partial charge >= 0.3 is 0 Å². The number of hydrogen-bond acceptors (Lipinski definition) is 5. The van der Waals surface area contributed by atoms with Crippen molar-refractivity contribution >= 4 is 17.2 Å². The van der Waals surface area contributed by atoms with Gasteiger partial charge in [0.1, 0.15) is 5.60 Å². The predicted octanol–water partition coefficient (Wildman–Crippen LogP) is 2.42. The fourth-order valence-corrected chi connectivity index (χ4v) is 3.23. The molecule has 1 atom stereocenters. The van der Waals surface area contributed by atoms with Gasteiger partial charge in [-0.15, -0.1) is 11.3 Å². The predicted molar refractivity (Wildman–Crippen MR) is 84.4 cm³/mol. The lowest BCUT2D eigenvalue weighted by molar-refractivity contribution is -0.120. The monoisotopic (exact) mass is 317 g/mol. The first-order valence-corrected chi connectivity index (χ1v) is 8.29. The van der Waals surface area contributed by atoms with E-state index in [1.165, 1.54) is 0 Å². The Hall–Kier alpha value is -1.79. The van der Waals surface area contributed by atoms with Gasteiger partial charge in [0.25, 0.3) is 0 Å². The van der Waals surface area contributed by atoms with Crippen molar-refractivity contribution in [1.82, 2.24) is 15.3 Å². The summed E-state index contributed by atoms with van der Waals surface area (Å²) in [5.41, 5.74) is 0.415. The highest BCUT2D eigenvalue weighted by Crippen LogP contribution is 2.33. The maximum atomic E-state index is 11.9. The molecule has 3 heterocycles. The molecule has 0 bridgehead atoms. The zero-order valence-corrected chi connectivity index (χ0v) is 13.4. The first-order valence-electron chi connectivity index (χ1n) is 7.41. The number of ether oxygens (including phenoxy) is 1.